The number of esters is 1. The van der Waals surface area contributed by atoms with E-state index in [9.17, 15) is 13.6 Å². The summed E-state index contributed by atoms with van der Waals surface area (Å²) in [6.07, 6.45) is 1.78. The van der Waals surface area contributed by atoms with Crippen molar-refractivity contribution in [1.82, 2.24) is 0 Å². The van der Waals surface area contributed by atoms with Crippen molar-refractivity contribution in [2.24, 2.45) is 17.3 Å². The molecule has 1 saturated carbocycles. The molecule has 5 heteroatoms. The SMILES string of the molecule is CC(C#N)=C[C@@H]1[C@@H](C(=O)OCc2c(C)c(F)cc(F)c2C)C1(C)C. The number of nitriles is 1. The summed E-state index contributed by atoms with van der Waals surface area (Å²) < 4.78 is 32.6. The molecule has 1 aliphatic rings. The largest absolute Gasteiger partial charge is 0.461 e. The van der Waals surface area contributed by atoms with Gasteiger partial charge in [0.15, 0.2) is 0 Å². The van der Waals surface area contributed by atoms with Gasteiger partial charge in [-0.1, -0.05) is 19.9 Å². The first-order valence-electron chi connectivity index (χ1n) is 7.80. The molecule has 0 aliphatic heterocycles. The number of allylic oxidation sites excluding steroid dienone is 2. The molecule has 2 atom stereocenters. The lowest BCUT2D eigenvalue weighted by molar-refractivity contribution is -0.147. The van der Waals surface area contributed by atoms with Crippen LogP contribution in [0.2, 0.25) is 0 Å². The Balaban J connectivity index is 2.12. The van der Waals surface area contributed by atoms with Crippen LogP contribution in [0.15, 0.2) is 17.7 Å². The number of carbonyl (C=O) groups is 1. The molecule has 0 bridgehead atoms. The van der Waals surface area contributed by atoms with Gasteiger partial charge in [-0.25, -0.2) is 8.78 Å². The minimum absolute atomic E-state index is 0.0592. The number of carbonyl (C=O) groups excluding carboxylic acids is 1. The number of halogens is 2. The molecule has 0 radical (unpaired) electrons. The van der Waals surface area contributed by atoms with Crippen LogP contribution >= 0.6 is 0 Å². The molecule has 0 N–H and O–H groups in total. The topological polar surface area (TPSA) is 50.1 Å². The van der Waals surface area contributed by atoms with Gasteiger partial charge in [-0.3, -0.25) is 4.79 Å². The van der Waals surface area contributed by atoms with Crippen LogP contribution in [0.4, 0.5) is 8.78 Å². The maximum absolute atomic E-state index is 13.7. The van der Waals surface area contributed by atoms with Gasteiger partial charge >= 0.3 is 5.97 Å². The van der Waals surface area contributed by atoms with Gasteiger partial charge in [0, 0.05) is 17.2 Å². The summed E-state index contributed by atoms with van der Waals surface area (Å²) in [5, 5.41) is 8.87. The molecule has 0 heterocycles. The highest BCUT2D eigenvalue weighted by Gasteiger charge is 2.61. The van der Waals surface area contributed by atoms with Gasteiger partial charge in [-0.05, 0) is 43.2 Å². The lowest BCUT2D eigenvalue weighted by Gasteiger charge is -2.12. The highest BCUT2D eigenvalue weighted by Crippen LogP contribution is 2.59. The van der Waals surface area contributed by atoms with E-state index < -0.39 is 17.6 Å². The van der Waals surface area contributed by atoms with E-state index in [4.69, 9.17) is 10.00 Å². The zero-order chi connectivity index (χ0) is 18.2. The van der Waals surface area contributed by atoms with Gasteiger partial charge in [-0.2, -0.15) is 5.26 Å². The fourth-order valence-corrected chi connectivity index (χ4v) is 3.09. The molecule has 0 saturated heterocycles. The third-order valence-corrected chi connectivity index (χ3v) is 5.00. The minimum atomic E-state index is -0.652. The molecule has 0 aromatic heterocycles. The first-order chi connectivity index (χ1) is 11.1. The van der Waals surface area contributed by atoms with Crippen molar-refractivity contribution in [2.45, 2.75) is 41.2 Å². The van der Waals surface area contributed by atoms with Crippen LogP contribution in [0.3, 0.4) is 0 Å². The molecular weight excluding hydrogens is 312 g/mol. The van der Waals surface area contributed by atoms with Crippen LogP contribution in [0, 0.1) is 54.1 Å². The molecule has 0 spiro atoms. The molecule has 0 unspecified atom stereocenters. The average molecular weight is 333 g/mol. The van der Waals surface area contributed by atoms with Crippen LogP contribution in [0.5, 0.6) is 0 Å². The smallest absolute Gasteiger partial charge is 0.310 e. The highest BCUT2D eigenvalue weighted by atomic mass is 19.1. The van der Waals surface area contributed by atoms with Crippen molar-refractivity contribution in [2.75, 3.05) is 0 Å². The Morgan fingerprint density at radius 3 is 2.38 bits per heavy atom. The molecule has 128 valence electrons. The van der Waals surface area contributed by atoms with Crippen LogP contribution < -0.4 is 0 Å². The Morgan fingerprint density at radius 1 is 1.33 bits per heavy atom. The third kappa shape index (κ3) is 3.19. The Kier molecular flexibility index (Phi) is 4.80. The Morgan fingerprint density at radius 2 is 1.88 bits per heavy atom. The zero-order valence-corrected chi connectivity index (χ0v) is 14.5. The van der Waals surface area contributed by atoms with Crippen molar-refractivity contribution < 1.29 is 18.3 Å². The normalized spacial score (nSPS) is 22.0. The Hall–Kier alpha value is -2.22. The van der Waals surface area contributed by atoms with Crippen molar-refractivity contribution in [1.29, 1.82) is 5.26 Å². The van der Waals surface area contributed by atoms with E-state index >= 15 is 0 Å². The maximum Gasteiger partial charge on any atom is 0.310 e. The lowest BCUT2D eigenvalue weighted by Crippen LogP contribution is -2.12. The second-order valence-corrected chi connectivity index (χ2v) is 6.96. The molecule has 24 heavy (non-hydrogen) atoms. The van der Waals surface area contributed by atoms with Gasteiger partial charge in [0.25, 0.3) is 0 Å². The third-order valence-electron chi connectivity index (χ3n) is 5.00. The van der Waals surface area contributed by atoms with E-state index in [0.29, 0.717) is 11.1 Å². The van der Waals surface area contributed by atoms with Crippen molar-refractivity contribution in [3.63, 3.8) is 0 Å². The van der Waals surface area contributed by atoms with E-state index in [0.717, 1.165) is 6.07 Å². The monoisotopic (exact) mass is 333 g/mol. The fourth-order valence-electron chi connectivity index (χ4n) is 3.09. The van der Waals surface area contributed by atoms with E-state index in [1.165, 1.54) is 13.8 Å². The number of rotatable bonds is 4. The second-order valence-electron chi connectivity index (χ2n) is 6.96. The predicted molar refractivity (Wildman–Crippen MR) is 85.8 cm³/mol. The fraction of sp³-hybridized carbons (Fsp3) is 0.474. The van der Waals surface area contributed by atoms with E-state index in [1.807, 2.05) is 19.9 Å². The standard InChI is InChI=1S/C19H21F2NO2/c1-10(8-22)6-14-17(19(14,4)5)18(23)24-9-13-11(2)15(20)7-16(21)12(13)3/h6-7,14,17H,9H2,1-5H3/t14-,17+/m1/s1. The van der Waals surface area contributed by atoms with Gasteiger partial charge in [0.1, 0.15) is 18.2 Å². The highest BCUT2D eigenvalue weighted by molar-refractivity contribution is 5.78. The summed E-state index contributed by atoms with van der Waals surface area (Å²) in [5.41, 5.74) is 1.20. The second kappa shape index (κ2) is 6.35. The van der Waals surface area contributed by atoms with Gasteiger partial charge in [-0.15, -0.1) is 0 Å². The Bertz CT molecular complexity index is 733. The van der Waals surface area contributed by atoms with E-state index in [1.54, 1.807) is 13.0 Å². The quantitative estimate of drug-likeness (QED) is 0.607. The average Bonchev–Trinajstić information content (AvgIpc) is 3.05. The molecule has 2 rings (SSSR count). The number of hydrogen-bond acceptors (Lipinski definition) is 3. The van der Waals surface area contributed by atoms with Crippen molar-refractivity contribution in [3.05, 3.63) is 46.0 Å². The van der Waals surface area contributed by atoms with E-state index in [2.05, 4.69) is 0 Å². The summed E-state index contributed by atoms with van der Waals surface area (Å²) in [5.74, 6) is -2.12. The van der Waals surface area contributed by atoms with Crippen LogP contribution in [-0.2, 0) is 16.1 Å². The lowest BCUT2D eigenvalue weighted by atomic mass is 10.0. The van der Waals surface area contributed by atoms with Crippen LogP contribution in [0.25, 0.3) is 0 Å². The summed E-state index contributed by atoms with van der Waals surface area (Å²) in [4.78, 5) is 12.3. The van der Waals surface area contributed by atoms with Crippen LogP contribution in [-0.4, -0.2) is 5.97 Å². The first kappa shape index (κ1) is 18.1. The summed E-state index contributed by atoms with van der Waals surface area (Å²) in [6, 6.07) is 2.88. The number of hydrogen-bond donors (Lipinski definition) is 0. The zero-order valence-electron chi connectivity index (χ0n) is 14.5. The minimum Gasteiger partial charge on any atom is -0.461 e. The molecule has 1 aromatic rings. The van der Waals surface area contributed by atoms with Crippen molar-refractivity contribution in [3.8, 4) is 6.07 Å². The summed E-state index contributed by atoms with van der Waals surface area (Å²) in [6.45, 7) is 8.47. The van der Waals surface area contributed by atoms with Gasteiger partial charge in [0.05, 0.1) is 12.0 Å². The van der Waals surface area contributed by atoms with Gasteiger partial charge in [0.2, 0.25) is 0 Å². The first-order valence-corrected chi connectivity index (χ1v) is 7.80. The number of benzene rings is 1. The molecule has 3 nitrogen and oxygen atoms in total. The maximum atomic E-state index is 13.7. The Labute approximate surface area is 140 Å². The molecule has 1 aromatic carbocycles. The van der Waals surface area contributed by atoms with Crippen LogP contribution in [0.1, 0.15) is 37.5 Å². The van der Waals surface area contributed by atoms with E-state index in [-0.39, 0.29) is 35.0 Å². The number of ether oxygens (including phenoxy) is 1. The molecule has 0 amide bonds. The molecule has 1 fully saturated rings. The summed E-state index contributed by atoms with van der Waals surface area (Å²) in [7, 11) is 0. The predicted octanol–water partition coefficient (Wildman–Crippen LogP) is 4.37. The van der Waals surface area contributed by atoms with Crippen molar-refractivity contribution >= 4 is 5.97 Å². The summed E-state index contributed by atoms with van der Waals surface area (Å²) >= 11 is 0. The number of nitrogens with zero attached hydrogens (tertiary/aromatic N) is 1. The molecular formula is C19H21F2NO2. The van der Waals surface area contributed by atoms with Gasteiger partial charge < -0.3 is 4.74 Å². The molecule has 1 aliphatic carbocycles.